The van der Waals surface area contributed by atoms with Gasteiger partial charge in [0.1, 0.15) is 5.82 Å². The van der Waals surface area contributed by atoms with Crippen LogP contribution in [0.2, 0.25) is 0 Å². The number of rotatable bonds is 7. The van der Waals surface area contributed by atoms with Crippen LogP contribution in [0.1, 0.15) is 22.3 Å². The molecule has 0 saturated heterocycles. The van der Waals surface area contributed by atoms with Crippen molar-refractivity contribution in [3.63, 3.8) is 0 Å². The summed E-state index contributed by atoms with van der Waals surface area (Å²) in [6, 6.07) is 38.5. The summed E-state index contributed by atoms with van der Waals surface area (Å²) in [6.45, 7) is 0. The van der Waals surface area contributed by atoms with Gasteiger partial charge in [0.05, 0.1) is 33.3 Å². The zero-order valence-corrected chi connectivity index (χ0v) is 36.4. The largest absolute Gasteiger partial charge is 0.416 e. The van der Waals surface area contributed by atoms with Crippen molar-refractivity contribution >= 4 is 21.8 Å². The molecule has 0 bridgehead atoms. The van der Waals surface area contributed by atoms with Crippen LogP contribution in [-0.2, 0) is 24.7 Å². The summed E-state index contributed by atoms with van der Waals surface area (Å²) in [7, 11) is 0. The Labute approximate surface area is 399 Å². The van der Waals surface area contributed by atoms with Crippen molar-refractivity contribution in [2.24, 2.45) is 0 Å². The normalized spacial score (nSPS) is 12.5. The van der Waals surface area contributed by atoms with Gasteiger partial charge in [-0.05, 0) is 94.5 Å². The van der Waals surface area contributed by atoms with Gasteiger partial charge in [0.25, 0.3) is 0 Å². The molecule has 0 saturated carbocycles. The van der Waals surface area contributed by atoms with E-state index in [-0.39, 0.29) is 74.1 Å². The zero-order valence-electron chi connectivity index (χ0n) is 36.4. The molecule has 0 aliphatic rings. The van der Waals surface area contributed by atoms with Gasteiger partial charge in [-0.1, -0.05) is 109 Å². The molecule has 0 N–H and O–H groups in total. The lowest BCUT2D eigenvalue weighted by Crippen LogP contribution is -2.11. The van der Waals surface area contributed by atoms with Crippen LogP contribution in [0.5, 0.6) is 0 Å². The van der Waals surface area contributed by atoms with E-state index in [9.17, 15) is 52.7 Å². The number of hydrogen-bond donors (Lipinski definition) is 0. The molecule has 10 rings (SSSR count). The first-order valence-corrected chi connectivity index (χ1v) is 21.5. The summed E-state index contributed by atoms with van der Waals surface area (Å²) in [6.07, 6.45) is -20.8. The molecule has 0 spiro atoms. The molecule has 0 fully saturated rings. The molecule has 0 unspecified atom stereocenters. The Balaban J connectivity index is 1.29. The second-order valence-corrected chi connectivity index (χ2v) is 16.6. The van der Waals surface area contributed by atoms with Gasteiger partial charge in [-0.2, -0.15) is 52.7 Å². The minimum Gasteiger partial charge on any atom is -0.309 e. The number of fused-ring (bicyclic) bond motifs is 3. The summed E-state index contributed by atoms with van der Waals surface area (Å²) in [4.78, 5) is 14.5. The summed E-state index contributed by atoms with van der Waals surface area (Å²) in [5.74, 6) is -0.183. The average molecular weight is 993 g/mol. The molecule has 0 aliphatic heterocycles. The molecule has 0 atom stereocenters. The molecule has 4 nitrogen and oxygen atoms in total. The van der Waals surface area contributed by atoms with E-state index < -0.39 is 63.9 Å². The maximum atomic E-state index is 15.9. The maximum absolute atomic E-state index is 15.9. The standard InChI is InChI=1S/C55H29F13N4/c56-46-14-8-7-13-42(46)41-20-17-40(29-45(41)51-70-49(30-9-3-1-4-10-30)69-50(71-51)31-11-5-2-6-12-31)72-47-25-32(34-21-36(52(57,58)59)27-37(22-34)53(60,61)62)15-18-43(47)44-19-16-33(26-48(44)72)35-23-38(54(63,64)65)28-39(24-35)55(66,67)68/h1-29H. The van der Waals surface area contributed by atoms with Gasteiger partial charge in [0.2, 0.25) is 0 Å². The Morgan fingerprint density at radius 2 is 0.708 bits per heavy atom. The molecule has 17 heteroatoms. The Hall–Kier alpha value is -8.34. The predicted molar refractivity (Wildman–Crippen MR) is 247 cm³/mol. The van der Waals surface area contributed by atoms with Crippen molar-refractivity contribution in [1.29, 1.82) is 0 Å². The van der Waals surface area contributed by atoms with Gasteiger partial charge in [0.15, 0.2) is 17.5 Å². The fourth-order valence-electron chi connectivity index (χ4n) is 8.60. The van der Waals surface area contributed by atoms with Crippen LogP contribution in [0.25, 0.3) is 95.0 Å². The van der Waals surface area contributed by atoms with Crippen LogP contribution >= 0.6 is 0 Å². The Bertz CT molecular complexity index is 3450. The fraction of sp³-hybridized carbons (Fsp3) is 0.0727. The quantitative estimate of drug-likeness (QED) is 0.149. The van der Waals surface area contributed by atoms with Crippen molar-refractivity contribution < 1.29 is 57.1 Å². The first kappa shape index (κ1) is 47.3. The lowest BCUT2D eigenvalue weighted by molar-refractivity contribution is -0.144. The second-order valence-electron chi connectivity index (χ2n) is 16.6. The molecular weight excluding hydrogens is 964 g/mol. The molecule has 0 radical (unpaired) electrons. The van der Waals surface area contributed by atoms with Crippen LogP contribution in [0.15, 0.2) is 176 Å². The van der Waals surface area contributed by atoms with Crippen molar-refractivity contribution in [2.75, 3.05) is 0 Å². The Morgan fingerprint density at radius 1 is 0.306 bits per heavy atom. The van der Waals surface area contributed by atoms with Crippen molar-refractivity contribution in [3.05, 3.63) is 204 Å². The van der Waals surface area contributed by atoms with E-state index >= 15 is 4.39 Å². The number of alkyl halides is 12. The van der Waals surface area contributed by atoms with Gasteiger partial charge in [-0.25, -0.2) is 19.3 Å². The van der Waals surface area contributed by atoms with E-state index in [0.717, 1.165) is 0 Å². The highest BCUT2D eigenvalue weighted by molar-refractivity contribution is 6.11. The van der Waals surface area contributed by atoms with Gasteiger partial charge in [0, 0.05) is 38.7 Å². The van der Waals surface area contributed by atoms with Gasteiger partial charge < -0.3 is 4.57 Å². The second kappa shape index (κ2) is 17.5. The van der Waals surface area contributed by atoms with E-state index in [1.54, 1.807) is 72.8 Å². The van der Waals surface area contributed by atoms with E-state index in [1.165, 1.54) is 71.3 Å². The van der Waals surface area contributed by atoms with Gasteiger partial charge in [-0.15, -0.1) is 0 Å². The minimum absolute atomic E-state index is 0.00915. The number of hydrogen-bond acceptors (Lipinski definition) is 3. The maximum Gasteiger partial charge on any atom is 0.416 e. The minimum atomic E-state index is -5.19. The van der Waals surface area contributed by atoms with E-state index in [2.05, 4.69) is 0 Å². The van der Waals surface area contributed by atoms with Crippen LogP contribution < -0.4 is 0 Å². The van der Waals surface area contributed by atoms with Crippen molar-refractivity contribution in [2.45, 2.75) is 24.7 Å². The highest BCUT2D eigenvalue weighted by atomic mass is 19.4. The third-order valence-electron chi connectivity index (χ3n) is 12.0. The summed E-state index contributed by atoms with van der Waals surface area (Å²) < 4.78 is 187. The molecule has 0 amide bonds. The molecule has 8 aromatic carbocycles. The molecule has 10 aromatic rings. The Morgan fingerprint density at radius 3 is 1.12 bits per heavy atom. The molecular formula is C55H29F13N4. The Kier molecular flexibility index (Phi) is 11.5. The topological polar surface area (TPSA) is 43.6 Å². The first-order valence-electron chi connectivity index (χ1n) is 21.5. The molecule has 72 heavy (non-hydrogen) atoms. The first-order chi connectivity index (χ1) is 34.1. The lowest BCUT2D eigenvalue weighted by Gasteiger charge is -2.17. The zero-order chi connectivity index (χ0) is 50.9. The third kappa shape index (κ3) is 9.13. The van der Waals surface area contributed by atoms with Crippen LogP contribution in [0, 0.1) is 5.82 Å². The van der Waals surface area contributed by atoms with Gasteiger partial charge in [-0.3, -0.25) is 0 Å². The van der Waals surface area contributed by atoms with Crippen LogP contribution in [0.4, 0.5) is 57.1 Å². The SMILES string of the molecule is Fc1ccccc1-c1ccc(-n2c3cc(-c4cc(C(F)(F)F)cc(C(F)(F)F)c4)ccc3c3ccc(-c4cc(C(F)(F)F)cc(C(F)(F)F)c4)cc32)cc1-c1nc(-c2ccccc2)nc(-c2ccccc2)n1. The molecule has 2 aromatic heterocycles. The number of aromatic nitrogens is 4. The van der Waals surface area contributed by atoms with Crippen LogP contribution in [-0.4, -0.2) is 19.5 Å². The van der Waals surface area contributed by atoms with Crippen molar-refractivity contribution in [3.8, 4) is 73.2 Å². The molecule has 0 aliphatic carbocycles. The van der Waals surface area contributed by atoms with Crippen molar-refractivity contribution in [1.82, 2.24) is 19.5 Å². The fourth-order valence-corrected chi connectivity index (χ4v) is 8.60. The van der Waals surface area contributed by atoms with E-state index in [0.29, 0.717) is 46.2 Å². The summed E-state index contributed by atoms with van der Waals surface area (Å²) in [5, 5.41) is 0.668. The number of halogens is 13. The number of nitrogens with zero attached hydrogens (tertiary/aromatic N) is 4. The summed E-state index contributed by atoms with van der Waals surface area (Å²) >= 11 is 0. The summed E-state index contributed by atoms with van der Waals surface area (Å²) in [5.41, 5.74) is -5.30. The third-order valence-corrected chi connectivity index (χ3v) is 12.0. The molecule has 360 valence electrons. The average Bonchev–Trinajstić information content (AvgIpc) is 3.68. The smallest absolute Gasteiger partial charge is 0.309 e. The molecule has 2 heterocycles. The number of benzene rings is 8. The van der Waals surface area contributed by atoms with Crippen LogP contribution in [0.3, 0.4) is 0 Å². The predicted octanol–water partition coefficient (Wildman–Crippen LogP) is 17.2. The highest BCUT2D eigenvalue weighted by Crippen LogP contribution is 2.44. The monoisotopic (exact) mass is 992 g/mol. The van der Waals surface area contributed by atoms with E-state index in [4.69, 9.17) is 15.0 Å². The van der Waals surface area contributed by atoms with E-state index in [1.807, 2.05) is 0 Å². The van der Waals surface area contributed by atoms with Gasteiger partial charge >= 0.3 is 24.7 Å². The highest BCUT2D eigenvalue weighted by Gasteiger charge is 2.39. The lowest BCUT2D eigenvalue weighted by atomic mass is 9.97.